The molecule has 0 aromatic heterocycles. The van der Waals surface area contributed by atoms with Crippen LogP contribution in [-0.2, 0) is 20.9 Å². The third kappa shape index (κ3) is 4.40. The van der Waals surface area contributed by atoms with Crippen LogP contribution in [0.3, 0.4) is 0 Å². The van der Waals surface area contributed by atoms with Crippen LogP contribution in [0, 0.1) is 11.3 Å². The zero-order chi connectivity index (χ0) is 15.4. The van der Waals surface area contributed by atoms with Crippen molar-refractivity contribution in [2.75, 3.05) is 24.2 Å². The van der Waals surface area contributed by atoms with E-state index in [1.165, 1.54) is 13.2 Å². The molecule has 0 radical (unpaired) electrons. The van der Waals surface area contributed by atoms with Crippen molar-refractivity contribution < 1.29 is 26.3 Å². The fourth-order valence-electron chi connectivity index (χ4n) is 1.36. The number of hydrogen-bond donors (Lipinski definition) is 1. The second kappa shape index (κ2) is 6.11. The molecule has 1 rings (SSSR count). The lowest BCUT2D eigenvalue weighted by Gasteiger charge is -2.12. The number of nitrogens with zero attached hydrogens (tertiary/aromatic N) is 1. The molecule has 0 bridgehead atoms. The van der Waals surface area contributed by atoms with Gasteiger partial charge in [0.25, 0.3) is 0 Å². The van der Waals surface area contributed by atoms with Crippen molar-refractivity contribution in [1.29, 1.82) is 5.26 Å². The van der Waals surface area contributed by atoms with Crippen molar-refractivity contribution in [1.82, 2.24) is 0 Å². The zero-order valence-corrected chi connectivity index (χ0v) is 11.2. The van der Waals surface area contributed by atoms with E-state index in [9.17, 15) is 21.6 Å². The van der Waals surface area contributed by atoms with E-state index in [1.54, 1.807) is 0 Å². The summed E-state index contributed by atoms with van der Waals surface area (Å²) >= 11 is 0. The van der Waals surface area contributed by atoms with Gasteiger partial charge in [-0.25, -0.2) is 8.42 Å². The van der Waals surface area contributed by atoms with E-state index in [-0.39, 0.29) is 18.0 Å². The Morgan fingerprint density at radius 3 is 2.55 bits per heavy atom. The number of anilines is 1. The Morgan fingerprint density at radius 1 is 1.40 bits per heavy atom. The molecule has 110 valence electrons. The Balaban J connectivity index is 3.08. The van der Waals surface area contributed by atoms with E-state index in [2.05, 4.69) is 4.74 Å². The topological polar surface area (TPSA) is 79.2 Å². The number of sulfonamides is 1. The van der Waals surface area contributed by atoms with Crippen LogP contribution in [0.15, 0.2) is 18.2 Å². The lowest BCUT2D eigenvalue weighted by atomic mass is 10.1. The molecule has 0 unspecified atom stereocenters. The fourth-order valence-corrected chi connectivity index (χ4v) is 2.34. The standard InChI is InChI=1S/C11H11F3N2O3S/c1-19-4-5-20(17,18)16-9-3-2-8(7-15)10(6-9)11(12,13)14/h2-3,6,16H,4-5H2,1H3. The number of nitriles is 1. The van der Waals surface area contributed by atoms with Gasteiger partial charge in [0.05, 0.1) is 29.6 Å². The van der Waals surface area contributed by atoms with Crippen LogP contribution in [0.4, 0.5) is 18.9 Å². The summed E-state index contributed by atoms with van der Waals surface area (Å²) in [7, 11) is -2.50. The van der Waals surface area contributed by atoms with Crippen LogP contribution in [0.2, 0.25) is 0 Å². The van der Waals surface area contributed by atoms with Gasteiger partial charge in [0.15, 0.2) is 0 Å². The number of halogens is 3. The van der Waals surface area contributed by atoms with Crippen molar-refractivity contribution >= 4 is 15.7 Å². The van der Waals surface area contributed by atoms with Gasteiger partial charge in [-0.1, -0.05) is 0 Å². The molecule has 0 amide bonds. The summed E-state index contributed by atoms with van der Waals surface area (Å²) in [5, 5.41) is 8.62. The number of rotatable bonds is 5. The summed E-state index contributed by atoms with van der Waals surface area (Å²) in [6.07, 6.45) is -4.74. The molecule has 1 aromatic carbocycles. The van der Waals surface area contributed by atoms with E-state index in [4.69, 9.17) is 5.26 Å². The van der Waals surface area contributed by atoms with Gasteiger partial charge in [-0.2, -0.15) is 18.4 Å². The van der Waals surface area contributed by atoms with E-state index in [0.717, 1.165) is 12.1 Å². The average Bonchev–Trinajstić information content (AvgIpc) is 2.35. The minimum atomic E-state index is -4.74. The molecule has 1 N–H and O–H groups in total. The van der Waals surface area contributed by atoms with Crippen LogP contribution in [0.25, 0.3) is 0 Å². The molecule has 0 spiro atoms. The summed E-state index contributed by atoms with van der Waals surface area (Å²) in [5.74, 6) is -0.384. The molecule has 0 heterocycles. The van der Waals surface area contributed by atoms with Crippen LogP contribution in [-0.4, -0.2) is 27.9 Å². The molecule has 0 saturated carbocycles. The molecule has 0 aliphatic rings. The summed E-state index contributed by atoms with van der Waals surface area (Å²) in [6, 6.07) is 4.00. The number of alkyl halides is 3. The molecule has 20 heavy (non-hydrogen) atoms. The van der Waals surface area contributed by atoms with Crippen molar-refractivity contribution in [2.24, 2.45) is 0 Å². The Kier molecular flexibility index (Phi) is 4.97. The van der Waals surface area contributed by atoms with E-state index in [1.807, 2.05) is 4.72 Å². The van der Waals surface area contributed by atoms with Gasteiger partial charge in [0, 0.05) is 12.8 Å². The lowest BCUT2D eigenvalue weighted by molar-refractivity contribution is -0.137. The molecule has 9 heteroatoms. The first kappa shape index (κ1) is 16.3. The van der Waals surface area contributed by atoms with Crippen LogP contribution >= 0.6 is 0 Å². The van der Waals surface area contributed by atoms with Gasteiger partial charge in [-0.15, -0.1) is 0 Å². The number of methoxy groups -OCH3 is 1. The maximum Gasteiger partial charge on any atom is 0.417 e. The first-order chi connectivity index (χ1) is 9.19. The summed E-state index contributed by atoms with van der Waals surface area (Å²) < 4.78 is 67.8. The van der Waals surface area contributed by atoms with Gasteiger partial charge in [0.1, 0.15) is 0 Å². The number of benzene rings is 1. The number of hydrogen-bond acceptors (Lipinski definition) is 4. The monoisotopic (exact) mass is 308 g/mol. The van der Waals surface area contributed by atoms with Gasteiger partial charge in [0.2, 0.25) is 10.0 Å². The van der Waals surface area contributed by atoms with Gasteiger partial charge in [-0.3, -0.25) is 4.72 Å². The molecule has 0 aliphatic heterocycles. The van der Waals surface area contributed by atoms with Gasteiger partial charge in [-0.05, 0) is 18.2 Å². The largest absolute Gasteiger partial charge is 0.417 e. The second-order valence-electron chi connectivity index (χ2n) is 3.78. The average molecular weight is 308 g/mol. The Morgan fingerprint density at radius 2 is 2.05 bits per heavy atom. The zero-order valence-electron chi connectivity index (χ0n) is 10.4. The van der Waals surface area contributed by atoms with Crippen LogP contribution in [0.5, 0.6) is 0 Å². The van der Waals surface area contributed by atoms with Gasteiger partial charge < -0.3 is 4.74 Å². The normalized spacial score (nSPS) is 11.9. The SMILES string of the molecule is COCCS(=O)(=O)Nc1ccc(C#N)c(C(F)(F)F)c1. The molecule has 0 saturated heterocycles. The highest BCUT2D eigenvalue weighted by atomic mass is 32.2. The lowest BCUT2D eigenvalue weighted by Crippen LogP contribution is -2.20. The summed E-state index contributed by atoms with van der Waals surface area (Å²) in [4.78, 5) is 0. The second-order valence-corrected chi connectivity index (χ2v) is 5.63. The Labute approximate surface area is 114 Å². The fraction of sp³-hybridized carbons (Fsp3) is 0.364. The maximum atomic E-state index is 12.7. The van der Waals surface area contributed by atoms with E-state index < -0.39 is 27.3 Å². The minimum absolute atomic E-state index is 0.0856. The van der Waals surface area contributed by atoms with Crippen LogP contribution < -0.4 is 4.72 Å². The Hall–Kier alpha value is -1.79. The third-order valence-electron chi connectivity index (χ3n) is 2.27. The molecule has 1 aromatic rings. The maximum absolute atomic E-state index is 12.7. The van der Waals surface area contributed by atoms with Crippen molar-refractivity contribution in [2.45, 2.75) is 6.18 Å². The van der Waals surface area contributed by atoms with Crippen molar-refractivity contribution in [3.63, 3.8) is 0 Å². The molecular weight excluding hydrogens is 297 g/mol. The number of ether oxygens (including phenoxy) is 1. The highest BCUT2D eigenvalue weighted by Gasteiger charge is 2.34. The summed E-state index contributed by atoms with van der Waals surface area (Å²) in [5.41, 5.74) is -2.02. The van der Waals surface area contributed by atoms with Gasteiger partial charge >= 0.3 is 6.18 Å². The molecule has 5 nitrogen and oxygen atoms in total. The van der Waals surface area contributed by atoms with E-state index in [0.29, 0.717) is 6.07 Å². The quantitative estimate of drug-likeness (QED) is 0.902. The predicted molar refractivity (Wildman–Crippen MR) is 65.4 cm³/mol. The highest BCUT2D eigenvalue weighted by Crippen LogP contribution is 2.33. The van der Waals surface area contributed by atoms with Crippen molar-refractivity contribution in [3.05, 3.63) is 29.3 Å². The molecular formula is C11H11F3N2O3S. The predicted octanol–water partition coefficient (Wildman–Crippen LogP) is 1.97. The third-order valence-corrected chi connectivity index (χ3v) is 3.53. The first-order valence-corrected chi connectivity index (χ1v) is 6.95. The molecule has 0 fully saturated rings. The van der Waals surface area contributed by atoms with Crippen molar-refractivity contribution in [3.8, 4) is 6.07 Å². The number of nitrogens with one attached hydrogen (secondary N) is 1. The molecule has 0 aliphatic carbocycles. The first-order valence-electron chi connectivity index (χ1n) is 5.30. The summed E-state index contributed by atoms with van der Waals surface area (Å²) in [6.45, 7) is -0.0856. The molecule has 0 atom stereocenters. The van der Waals surface area contributed by atoms with E-state index >= 15 is 0 Å². The minimum Gasteiger partial charge on any atom is -0.384 e. The van der Waals surface area contributed by atoms with Crippen LogP contribution in [0.1, 0.15) is 11.1 Å². The highest BCUT2D eigenvalue weighted by molar-refractivity contribution is 7.92. The Bertz CT molecular complexity index is 621. The smallest absolute Gasteiger partial charge is 0.384 e.